The van der Waals surface area contributed by atoms with E-state index < -0.39 is 0 Å². The van der Waals surface area contributed by atoms with Crippen LogP contribution in [0.1, 0.15) is 21.6 Å². The Bertz CT molecular complexity index is 1670. The van der Waals surface area contributed by atoms with Crippen molar-refractivity contribution in [3.8, 4) is 6.07 Å². The lowest BCUT2D eigenvalue weighted by molar-refractivity contribution is -0.113. The van der Waals surface area contributed by atoms with Crippen LogP contribution in [0.15, 0.2) is 59.8 Å². The Morgan fingerprint density at radius 3 is 2.81 bits per heavy atom. The number of thioether (sulfide) groups is 1. The molecule has 10 heteroatoms. The van der Waals surface area contributed by atoms with Crippen LogP contribution >= 0.6 is 23.1 Å². The minimum Gasteiger partial charge on any atom is -0.327 e. The molecule has 2 aromatic carbocycles. The van der Waals surface area contributed by atoms with Crippen LogP contribution in [0.25, 0.3) is 22.1 Å². The predicted molar refractivity (Wildman–Crippen MR) is 146 cm³/mol. The van der Waals surface area contributed by atoms with Gasteiger partial charge in [0.1, 0.15) is 16.6 Å². The van der Waals surface area contributed by atoms with Crippen molar-refractivity contribution in [1.29, 1.82) is 5.26 Å². The third-order valence-electron chi connectivity index (χ3n) is 6.57. The number of carbonyl (C=O) groups is 1. The second kappa shape index (κ2) is 9.94. The first-order valence-electron chi connectivity index (χ1n) is 11.9. The highest BCUT2D eigenvalue weighted by molar-refractivity contribution is 7.99. The molecule has 1 aliphatic heterocycles. The summed E-state index contributed by atoms with van der Waals surface area (Å²) in [5.74, 6) is -0.0630. The lowest BCUT2D eigenvalue weighted by atomic mass is 10.0. The summed E-state index contributed by atoms with van der Waals surface area (Å²) in [5.41, 5.74) is 5.44. The zero-order valence-corrected chi connectivity index (χ0v) is 21.8. The summed E-state index contributed by atoms with van der Waals surface area (Å²) in [6, 6.07) is 20.7. The van der Waals surface area contributed by atoms with E-state index in [-0.39, 0.29) is 11.7 Å². The van der Waals surface area contributed by atoms with E-state index in [1.807, 2.05) is 41.9 Å². The van der Waals surface area contributed by atoms with Gasteiger partial charge in [0.25, 0.3) is 0 Å². The lowest BCUT2D eigenvalue weighted by Crippen LogP contribution is -2.29. The number of para-hydroxylation sites is 1. The zero-order chi connectivity index (χ0) is 25.4. The van der Waals surface area contributed by atoms with Gasteiger partial charge in [-0.3, -0.25) is 9.69 Å². The third-order valence-corrected chi connectivity index (χ3v) is 8.54. The van der Waals surface area contributed by atoms with E-state index in [9.17, 15) is 10.1 Å². The highest BCUT2D eigenvalue weighted by atomic mass is 32.2. The molecule has 5 aromatic rings. The fourth-order valence-corrected chi connectivity index (χ4v) is 6.62. The molecule has 0 unspecified atom stereocenters. The normalized spacial score (nSPS) is 13.5. The molecule has 1 N–H and O–H groups in total. The first-order valence-corrected chi connectivity index (χ1v) is 13.7. The maximum absolute atomic E-state index is 12.8. The molecular formula is C27H23N7OS2. The minimum absolute atomic E-state index is 0.130. The number of aryl methyl sites for hydroxylation is 1. The van der Waals surface area contributed by atoms with Gasteiger partial charge in [-0.05, 0) is 23.6 Å². The second-order valence-electron chi connectivity index (χ2n) is 8.95. The van der Waals surface area contributed by atoms with Crippen molar-refractivity contribution >= 4 is 56.1 Å². The van der Waals surface area contributed by atoms with Crippen LogP contribution in [0, 0.1) is 11.3 Å². The fraction of sp³-hybridized carbons (Fsp3) is 0.222. The summed E-state index contributed by atoms with van der Waals surface area (Å²) in [4.78, 5) is 21.0. The monoisotopic (exact) mass is 525 g/mol. The van der Waals surface area contributed by atoms with E-state index in [4.69, 9.17) is 0 Å². The smallest absolute Gasteiger partial charge is 0.235 e. The SMILES string of the molecule is Cn1c2ccccc2c2nnc(SCC(=O)Nc3sc4c(c3C#N)CCN(Cc3ccccc3)C4)nc21. The molecule has 4 heterocycles. The molecule has 0 radical (unpaired) electrons. The zero-order valence-electron chi connectivity index (χ0n) is 20.1. The molecule has 0 atom stereocenters. The Morgan fingerprint density at radius 1 is 1.16 bits per heavy atom. The number of hydrogen-bond acceptors (Lipinski definition) is 8. The van der Waals surface area contributed by atoms with Gasteiger partial charge in [0, 0.05) is 36.9 Å². The first-order chi connectivity index (χ1) is 18.1. The highest BCUT2D eigenvalue weighted by Gasteiger charge is 2.25. The maximum Gasteiger partial charge on any atom is 0.235 e. The van der Waals surface area contributed by atoms with Crippen molar-refractivity contribution in [3.63, 3.8) is 0 Å². The molecule has 0 saturated carbocycles. The number of benzene rings is 2. The molecule has 1 aliphatic rings. The average molecular weight is 526 g/mol. The van der Waals surface area contributed by atoms with E-state index in [1.165, 1.54) is 28.7 Å². The van der Waals surface area contributed by atoms with E-state index in [1.54, 1.807) is 0 Å². The van der Waals surface area contributed by atoms with Crippen LogP contribution in [0.4, 0.5) is 5.00 Å². The van der Waals surface area contributed by atoms with Crippen LogP contribution in [-0.2, 0) is 31.4 Å². The van der Waals surface area contributed by atoms with E-state index in [2.05, 4.69) is 55.7 Å². The highest BCUT2D eigenvalue weighted by Crippen LogP contribution is 2.37. The molecule has 0 fully saturated rings. The Labute approximate surface area is 221 Å². The standard InChI is InChI=1S/C27H23N7OS2/c1-33-21-10-6-5-9-19(21)24-25(33)30-27(32-31-24)36-16-23(35)29-26-20(13-28)18-11-12-34(15-22(18)37-26)14-17-7-3-2-4-8-17/h2-10H,11-12,14-16H2,1H3,(H,29,35). The minimum atomic E-state index is -0.193. The summed E-state index contributed by atoms with van der Waals surface area (Å²) in [7, 11) is 1.95. The predicted octanol–water partition coefficient (Wildman–Crippen LogP) is 4.74. The van der Waals surface area contributed by atoms with Crippen molar-refractivity contribution in [2.45, 2.75) is 24.7 Å². The molecule has 8 nitrogen and oxygen atoms in total. The Morgan fingerprint density at radius 2 is 1.97 bits per heavy atom. The van der Waals surface area contributed by atoms with Gasteiger partial charge in [-0.25, -0.2) is 4.98 Å². The van der Waals surface area contributed by atoms with Gasteiger partial charge in [-0.15, -0.1) is 21.5 Å². The van der Waals surface area contributed by atoms with Gasteiger partial charge in [-0.2, -0.15) is 5.26 Å². The number of nitriles is 1. The molecule has 0 spiro atoms. The van der Waals surface area contributed by atoms with Crippen LogP contribution in [0.3, 0.4) is 0 Å². The number of nitrogens with one attached hydrogen (secondary N) is 1. The summed E-state index contributed by atoms with van der Waals surface area (Å²) in [6.45, 7) is 2.53. The van der Waals surface area contributed by atoms with Gasteiger partial charge in [0.05, 0.1) is 16.8 Å². The quantitative estimate of drug-likeness (QED) is 0.320. The first kappa shape index (κ1) is 23.6. The molecule has 1 amide bonds. The van der Waals surface area contributed by atoms with Crippen molar-refractivity contribution in [2.75, 3.05) is 17.6 Å². The number of nitrogens with zero attached hydrogens (tertiary/aromatic N) is 6. The van der Waals surface area contributed by atoms with Gasteiger partial charge >= 0.3 is 0 Å². The van der Waals surface area contributed by atoms with Gasteiger partial charge < -0.3 is 9.88 Å². The summed E-state index contributed by atoms with van der Waals surface area (Å²) < 4.78 is 1.99. The average Bonchev–Trinajstić information content (AvgIpc) is 3.41. The number of thiophene rings is 1. The number of anilines is 1. The molecule has 0 aliphatic carbocycles. The number of aromatic nitrogens is 4. The summed E-state index contributed by atoms with van der Waals surface area (Å²) in [6.07, 6.45) is 0.802. The molecule has 0 saturated heterocycles. The lowest BCUT2D eigenvalue weighted by Gasteiger charge is -2.26. The number of fused-ring (bicyclic) bond motifs is 4. The fourth-order valence-electron chi connectivity index (χ4n) is 4.79. The Kier molecular flexibility index (Phi) is 6.34. The van der Waals surface area contributed by atoms with Gasteiger partial charge in [-0.1, -0.05) is 60.3 Å². The number of amides is 1. The molecule has 6 rings (SSSR count). The van der Waals surface area contributed by atoms with Crippen LogP contribution in [0.2, 0.25) is 0 Å². The topological polar surface area (TPSA) is 99.7 Å². The van der Waals surface area contributed by atoms with Gasteiger partial charge in [0.2, 0.25) is 11.1 Å². The molecule has 3 aromatic heterocycles. The number of hydrogen-bond donors (Lipinski definition) is 1. The molecular weight excluding hydrogens is 502 g/mol. The van der Waals surface area contributed by atoms with Crippen LogP contribution in [-0.4, -0.2) is 42.9 Å². The van der Waals surface area contributed by atoms with E-state index in [0.29, 0.717) is 15.7 Å². The summed E-state index contributed by atoms with van der Waals surface area (Å²) >= 11 is 2.74. The largest absolute Gasteiger partial charge is 0.327 e. The van der Waals surface area contributed by atoms with Crippen molar-refractivity contribution < 1.29 is 4.79 Å². The molecule has 0 bridgehead atoms. The Hall–Kier alpha value is -3.78. The second-order valence-corrected chi connectivity index (χ2v) is 11.0. The maximum atomic E-state index is 12.8. The number of carbonyl (C=O) groups excluding carboxylic acids is 1. The van der Waals surface area contributed by atoms with Crippen molar-refractivity contribution in [2.24, 2.45) is 7.05 Å². The number of rotatable bonds is 6. The van der Waals surface area contributed by atoms with Crippen molar-refractivity contribution in [1.82, 2.24) is 24.6 Å². The molecule has 184 valence electrons. The van der Waals surface area contributed by atoms with E-state index >= 15 is 0 Å². The third kappa shape index (κ3) is 4.57. The van der Waals surface area contributed by atoms with Gasteiger partial charge in [0.15, 0.2) is 5.65 Å². The van der Waals surface area contributed by atoms with Crippen LogP contribution < -0.4 is 5.32 Å². The van der Waals surface area contributed by atoms with Crippen LogP contribution in [0.5, 0.6) is 0 Å². The summed E-state index contributed by atoms with van der Waals surface area (Å²) in [5, 5.41) is 23.5. The van der Waals surface area contributed by atoms with Crippen molar-refractivity contribution in [3.05, 3.63) is 76.2 Å². The Balaban J connectivity index is 1.14. The van der Waals surface area contributed by atoms with E-state index in [0.717, 1.165) is 58.6 Å². The molecule has 37 heavy (non-hydrogen) atoms.